The molecule has 3 rings (SSSR count). The smallest absolute Gasteiger partial charge is 0.269 e. The molecule has 24 heavy (non-hydrogen) atoms. The first-order chi connectivity index (χ1) is 11.2. The van der Waals surface area contributed by atoms with E-state index in [0.717, 1.165) is 26.5 Å². The number of rotatable bonds is 2. The molecule has 0 aliphatic carbocycles. The predicted octanol–water partition coefficient (Wildman–Crippen LogP) is 2.85. The Kier molecular flexibility index (Phi) is 3.85. The number of fused-ring (bicyclic) bond motifs is 1. The van der Waals surface area contributed by atoms with Crippen LogP contribution in [0.15, 0.2) is 16.9 Å². The van der Waals surface area contributed by atoms with E-state index in [0.29, 0.717) is 10.9 Å². The normalized spacial score (nSPS) is 11.8. The molecule has 124 valence electrons. The lowest BCUT2D eigenvalue weighted by Gasteiger charge is -2.04. The molecule has 0 aliphatic rings. The third kappa shape index (κ3) is 2.76. The number of hydrogen-bond donors (Lipinski definition) is 0. The number of aryl methyl sites for hydroxylation is 1. The highest BCUT2D eigenvalue weighted by molar-refractivity contribution is 7.17. The summed E-state index contributed by atoms with van der Waals surface area (Å²) in [4.78, 5) is 17.3. The fraction of sp³-hybridized carbons (Fsp3) is 0.231. The Labute approximate surface area is 141 Å². The standard InChI is InChI=1S/C13H7ClF3N5OS/c1-6-8(4-18)22-11(23)2-7(19-12(22)24-6)5-21-10(14)3-9(20-21)13(15,16)17/h2-3H,5H2,1H3. The average molecular weight is 374 g/mol. The largest absolute Gasteiger partial charge is 0.435 e. The van der Waals surface area contributed by atoms with Gasteiger partial charge in [-0.1, -0.05) is 11.6 Å². The molecular weight excluding hydrogens is 367 g/mol. The molecule has 0 aromatic carbocycles. The van der Waals surface area contributed by atoms with Gasteiger partial charge in [0, 0.05) is 17.0 Å². The fourth-order valence-electron chi connectivity index (χ4n) is 2.13. The summed E-state index contributed by atoms with van der Waals surface area (Å²) in [7, 11) is 0. The molecule has 3 aromatic rings. The van der Waals surface area contributed by atoms with E-state index in [4.69, 9.17) is 16.9 Å². The molecule has 0 fully saturated rings. The highest BCUT2D eigenvalue weighted by atomic mass is 35.5. The maximum Gasteiger partial charge on any atom is 0.435 e. The van der Waals surface area contributed by atoms with Gasteiger partial charge in [-0.05, 0) is 6.92 Å². The summed E-state index contributed by atoms with van der Waals surface area (Å²) in [5, 5.41) is 12.2. The Morgan fingerprint density at radius 2 is 2.12 bits per heavy atom. The molecule has 0 spiro atoms. The summed E-state index contributed by atoms with van der Waals surface area (Å²) in [6, 6.07) is 3.78. The van der Waals surface area contributed by atoms with Crippen LogP contribution in [0, 0.1) is 18.3 Å². The Balaban J connectivity index is 2.05. The number of nitrogens with zero attached hydrogens (tertiary/aromatic N) is 5. The average Bonchev–Trinajstić information content (AvgIpc) is 2.99. The summed E-state index contributed by atoms with van der Waals surface area (Å²) in [6.45, 7) is 1.48. The number of halogens is 4. The van der Waals surface area contributed by atoms with Crippen molar-refractivity contribution < 1.29 is 13.2 Å². The van der Waals surface area contributed by atoms with Crippen molar-refractivity contribution >= 4 is 27.9 Å². The maximum absolute atomic E-state index is 12.6. The van der Waals surface area contributed by atoms with E-state index in [1.807, 2.05) is 6.07 Å². The van der Waals surface area contributed by atoms with Crippen LogP contribution in [-0.4, -0.2) is 19.2 Å². The molecule has 3 heterocycles. The maximum atomic E-state index is 12.6. The van der Waals surface area contributed by atoms with Crippen molar-refractivity contribution in [3.8, 4) is 6.07 Å². The van der Waals surface area contributed by atoms with Crippen LogP contribution in [0.4, 0.5) is 13.2 Å². The van der Waals surface area contributed by atoms with E-state index in [1.54, 1.807) is 6.92 Å². The van der Waals surface area contributed by atoms with Gasteiger partial charge in [-0.3, -0.25) is 4.79 Å². The van der Waals surface area contributed by atoms with Gasteiger partial charge < -0.3 is 0 Å². The highest BCUT2D eigenvalue weighted by Crippen LogP contribution is 2.30. The number of thiazole rings is 1. The molecule has 0 radical (unpaired) electrons. The summed E-state index contributed by atoms with van der Waals surface area (Å²) in [5.74, 6) is 0. The van der Waals surface area contributed by atoms with Crippen LogP contribution in [-0.2, 0) is 12.7 Å². The van der Waals surface area contributed by atoms with Crippen LogP contribution in [0.5, 0.6) is 0 Å². The monoisotopic (exact) mass is 373 g/mol. The van der Waals surface area contributed by atoms with Crippen molar-refractivity contribution in [2.45, 2.75) is 19.6 Å². The molecule has 0 bridgehead atoms. The van der Waals surface area contributed by atoms with Crippen molar-refractivity contribution in [3.63, 3.8) is 0 Å². The second-order valence-electron chi connectivity index (χ2n) is 4.83. The topological polar surface area (TPSA) is 76.0 Å². The van der Waals surface area contributed by atoms with Gasteiger partial charge >= 0.3 is 6.18 Å². The number of alkyl halides is 3. The minimum Gasteiger partial charge on any atom is -0.269 e. The van der Waals surface area contributed by atoms with Crippen LogP contribution in [0.25, 0.3) is 4.96 Å². The van der Waals surface area contributed by atoms with Gasteiger partial charge in [0.2, 0.25) is 0 Å². The van der Waals surface area contributed by atoms with Gasteiger partial charge in [0.15, 0.2) is 10.7 Å². The van der Waals surface area contributed by atoms with E-state index in [9.17, 15) is 18.0 Å². The van der Waals surface area contributed by atoms with Gasteiger partial charge in [0.1, 0.15) is 16.9 Å². The Morgan fingerprint density at radius 3 is 2.71 bits per heavy atom. The first-order valence-corrected chi connectivity index (χ1v) is 7.63. The van der Waals surface area contributed by atoms with Gasteiger partial charge in [-0.2, -0.15) is 23.5 Å². The minimum absolute atomic E-state index is 0.190. The highest BCUT2D eigenvalue weighted by Gasteiger charge is 2.34. The lowest BCUT2D eigenvalue weighted by Crippen LogP contribution is -2.17. The van der Waals surface area contributed by atoms with Gasteiger partial charge in [0.25, 0.3) is 5.56 Å². The first kappa shape index (κ1) is 16.5. The van der Waals surface area contributed by atoms with Gasteiger partial charge in [-0.15, -0.1) is 11.3 Å². The second-order valence-corrected chi connectivity index (χ2v) is 6.40. The zero-order valence-corrected chi connectivity index (χ0v) is 13.5. The molecule has 6 nitrogen and oxygen atoms in total. The molecule has 0 aliphatic heterocycles. The lowest BCUT2D eigenvalue weighted by molar-refractivity contribution is -0.141. The van der Waals surface area contributed by atoms with Crippen LogP contribution < -0.4 is 5.56 Å². The van der Waals surface area contributed by atoms with E-state index < -0.39 is 17.4 Å². The molecule has 11 heteroatoms. The molecule has 0 saturated carbocycles. The van der Waals surface area contributed by atoms with Crippen LogP contribution in [0.3, 0.4) is 0 Å². The third-order valence-corrected chi connectivity index (χ3v) is 4.44. The van der Waals surface area contributed by atoms with E-state index in [1.165, 1.54) is 0 Å². The van der Waals surface area contributed by atoms with Gasteiger partial charge in [-0.25, -0.2) is 14.1 Å². The summed E-state index contributed by atoms with van der Waals surface area (Å²) >= 11 is 6.90. The molecule has 0 unspecified atom stereocenters. The van der Waals surface area contributed by atoms with Crippen molar-refractivity contribution in [1.29, 1.82) is 5.26 Å². The van der Waals surface area contributed by atoms with E-state index in [-0.39, 0.29) is 28.0 Å². The van der Waals surface area contributed by atoms with Crippen molar-refractivity contribution in [3.05, 3.63) is 49.6 Å². The quantitative estimate of drug-likeness (QED) is 0.692. The summed E-state index contributed by atoms with van der Waals surface area (Å²) in [6.07, 6.45) is -4.61. The molecular formula is C13H7ClF3N5OS. The van der Waals surface area contributed by atoms with Crippen molar-refractivity contribution in [2.75, 3.05) is 0 Å². The Bertz CT molecular complexity index is 1040. The summed E-state index contributed by atoms with van der Waals surface area (Å²) < 4.78 is 40.0. The fourth-order valence-corrected chi connectivity index (χ4v) is 3.27. The number of hydrogen-bond acceptors (Lipinski definition) is 5. The van der Waals surface area contributed by atoms with Crippen LogP contribution in [0.2, 0.25) is 5.15 Å². The molecule has 0 atom stereocenters. The lowest BCUT2D eigenvalue weighted by atomic mass is 10.4. The van der Waals surface area contributed by atoms with E-state index >= 15 is 0 Å². The van der Waals surface area contributed by atoms with Crippen LogP contribution in [0.1, 0.15) is 22.0 Å². The van der Waals surface area contributed by atoms with Gasteiger partial charge in [0.05, 0.1) is 12.2 Å². The minimum atomic E-state index is -4.61. The molecule has 0 saturated heterocycles. The molecule has 0 N–H and O–H groups in total. The zero-order valence-electron chi connectivity index (χ0n) is 11.9. The first-order valence-electron chi connectivity index (χ1n) is 6.43. The Hall–Kier alpha value is -2.38. The molecule has 3 aromatic heterocycles. The number of nitriles is 1. The second kappa shape index (κ2) is 5.61. The number of aromatic nitrogens is 4. The summed E-state index contributed by atoms with van der Waals surface area (Å²) in [5.41, 5.74) is -1.22. The van der Waals surface area contributed by atoms with E-state index in [2.05, 4.69) is 10.1 Å². The van der Waals surface area contributed by atoms with Crippen molar-refractivity contribution in [1.82, 2.24) is 19.2 Å². The van der Waals surface area contributed by atoms with Crippen molar-refractivity contribution in [2.24, 2.45) is 0 Å². The zero-order chi connectivity index (χ0) is 17.6. The van der Waals surface area contributed by atoms with Crippen LogP contribution >= 0.6 is 22.9 Å². The Morgan fingerprint density at radius 1 is 1.42 bits per heavy atom. The predicted molar refractivity (Wildman–Crippen MR) is 80.1 cm³/mol. The SMILES string of the molecule is Cc1sc2nc(Cn3nc(C(F)(F)F)cc3Cl)cc(=O)n2c1C#N. The third-order valence-electron chi connectivity index (χ3n) is 3.18. The molecule has 0 amide bonds.